The van der Waals surface area contributed by atoms with E-state index in [0.717, 1.165) is 6.42 Å². The molecule has 0 fully saturated rings. The second-order valence-corrected chi connectivity index (χ2v) is 12.2. The molecule has 9 rings (SSSR count). The number of hydrogen-bond donors (Lipinski definition) is 0. The van der Waals surface area contributed by atoms with Crippen LogP contribution in [0, 0.1) is 6.08 Å². The summed E-state index contributed by atoms with van der Waals surface area (Å²) in [5.41, 5.74) is 0. The van der Waals surface area contributed by atoms with Gasteiger partial charge in [0.2, 0.25) is 0 Å². The van der Waals surface area contributed by atoms with Crippen LogP contribution in [0.1, 0.15) is 6.42 Å². The van der Waals surface area contributed by atoms with E-state index in [2.05, 4.69) is 182 Å². The SMILES string of the molecule is Cl.Cl.[C-]1=CC=CC1.[Hf].c1ccc([SiH]c2ccccc2)cc1.c1ccc2c(c1)[cH-]c1ccccc12.c1ccc2c(c1)[cH-]c1ccccc12. The second-order valence-electron chi connectivity index (χ2n) is 10.6. The minimum atomic E-state index is 0. The Bertz CT molecular complexity index is 1870. The van der Waals surface area contributed by atoms with Gasteiger partial charge in [0.25, 0.3) is 0 Å². The molecule has 0 unspecified atom stereocenters. The van der Waals surface area contributed by atoms with E-state index in [9.17, 15) is 0 Å². The normalized spacial score (nSPS) is 10.7. The molecule has 0 aliphatic heterocycles. The van der Waals surface area contributed by atoms with Crippen molar-refractivity contribution >= 4 is 87.8 Å². The first-order chi connectivity index (χ1) is 21.8. The molecular formula is C43H36Cl2HfSi-3. The molecule has 0 aromatic heterocycles. The molecular weight excluding hydrogens is 794 g/mol. The smallest absolute Gasteiger partial charge is 0.103 e. The first kappa shape index (κ1) is 37.7. The quantitative estimate of drug-likeness (QED) is 0.120. The Morgan fingerprint density at radius 2 is 0.745 bits per heavy atom. The molecule has 0 bridgehead atoms. The summed E-state index contributed by atoms with van der Waals surface area (Å²) in [6.45, 7) is 0. The maximum absolute atomic E-state index is 2.99. The summed E-state index contributed by atoms with van der Waals surface area (Å²) >= 11 is 0. The molecule has 233 valence electrons. The molecule has 0 spiro atoms. The maximum atomic E-state index is 2.99. The maximum Gasteiger partial charge on any atom is 0.103 e. The van der Waals surface area contributed by atoms with Gasteiger partial charge in [-0.25, -0.2) is 12.2 Å². The molecule has 0 nitrogen and oxygen atoms in total. The number of rotatable bonds is 2. The van der Waals surface area contributed by atoms with Gasteiger partial charge in [-0.2, -0.15) is 6.08 Å². The van der Waals surface area contributed by atoms with E-state index in [4.69, 9.17) is 0 Å². The Hall–Kier alpha value is -3.79. The number of fused-ring (bicyclic) bond motifs is 6. The molecule has 1 aliphatic rings. The van der Waals surface area contributed by atoms with Crippen molar-refractivity contribution in [1.29, 1.82) is 0 Å². The van der Waals surface area contributed by atoms with Crippen molar-refractivity contribution in [2.24, 2.45) is 0 Å². The monoisotopic (exact) mass is 830 g/mol. The van der Waals surface area contributed by atoms with Crippen LogP contribution >= 0.6 is 24.8 Å². The summed E-state index contributed by atoms with van der Waals surface area (Å²) in [4.78, 5) is 0. The third kappa shape index (κ3) is 10.3. The average Bonchev–Trinajstić information content (AvgIpc) is 3.87. The van der Waals surface area contributed by atoms with Crippen LogP contribution in [0.2, 0.25) is 0 Å². The minimum absolute atomic E-state index is 0. The van der Waals surface area contributed by atoms with Gasteiger partial charge in [-0.05, 0) is 0 Å². The molecule has 8 aromatic carbocycles. The van der Waals surface area contributed by atoms with Gasteiger partial charge >= 0.3 is 0 Å². The van der Waals surface area contributed by atoms with Gasteiger partial charge in [0.1, 0.15) is 9.52 Å². The van der Waals surface area contributed by atoms with Crippen LogP contribution in [0.5, 0.6) is 0 Å². The van der Waals surface area contributed by atoms with Gasteiger partial charge in [-0.3, -0.25) is 6.08 Å². The number of halogens is 2. The minimum Gasteiger partial charge on any atom is -0.273 e. The summed E-state index contributed by atoms with van der Waals surface area (Å²) in [7, 11) is 0.271. The summed E-state index contributed by atoms with van der Waals surface area (Å²) < 4.78 is 0. The second kappa shape index (κ2) is 19.8. The molecule has 0 saturated carbocycles. The Kier molecular flexibility index (Phi) is 15.8. The van der Waals surface area contributed by atoms with E-state index in [1.54, 1.807) is 0 Å². The predicted octanol–water partition coefficient (Wildman–Crippen LogP) is 10.6. The van der Waals surface area contributed by atoms with Crippen LogP contribution in [0.3, 0.4) is 0 Å². The van der Waals surface area contributed by atoms with Crippen LogP contribution in [-0.2, 0) is 25.8 Å². The zero-order valence-electron chi connectivity index (χ0n) is 26.0. The standard InChI is InChI=1S/2C13H9.C12H11Si.C5H5.2ClH.Hf/c2*1-3-7-12-10(5-1)9-11-6-2-4-8-13(11)12;1-3-7-11(8-4-1)13-12-9-5-2-6-10-12;1-2-4-5-3-1;;;/h2*1-9H;1-10,13H;1-3H,4H2;2*1H;/q2*-1;;-1;;;. The zero-order valence-corrected chi connectivity index (χ0v) is 32.4. The summed E-state index contributed by atoms with van der Waals surface area (Å²) in [6.07, 6.45) is 10.0. The fourth-order valence-electron chi connectivity index (χ4n) is 5.44. The fourth-order valence-corrected chi connectivity index (χ4v) is 6.65. The molecule has 47 heavy (non-hydrogen) atoms. The molecule has 0 heterocycles. The van der Waals surface area contributed by atoms with Crippen LogP contribution in [0.15, 0.2) is 188 Å². The molecule has 0 atom stereocenters. The van der Waals surface area contributed by atoms with Gasteiger partial charge in [0.05, 0.1) is 0 Å². The van der Waals surface area contributed by atoms with Crippen molar-refractivity contribution in [3.63, 3.8) is 0 Å². The fraction of sp³-hybridized carbons (Fsp3) is 0.0233. The molecule has 1 radical (unpaired) electrons. The van der Waals surface area contributed by atoms with Crippen molar-refractivity contribution in [2.45, 2.75) is 6.42 Å². The van der Waals surface area contributed by atoms with Crippen molar-refractivity contribution in [3.8, 4) is 0 Å². The summed E-state index contributed by atoms with van der Waals surface area (Å²) in [5.74, 6) is 0. The average molecular weight is 830 g/mol. The molecule has 0 saturated heterocycles. The summed E-state index contributed by atoms with van der Waals surface area (Å²) in [6, 6.07) is 59.9. The van der Waals surface area contributed by atoms with Gasteiger partial charge < -0.3 is 0 Å². The van der Waals surface area contributed by atoms with Crippen LogP contribution in [0.4, 0.5) is 0 Å². The number of benzene rings is 6. The molecule has 0 amide bonds. The largest absolute Gasteiger partial charge is 0.273 e. The Balaban J connectivity index is 0.000000173. The first-order valence-corrected chi connectivity index (χ1v) is 16.2. The Morgan fingerprint density at radius 1 is 0.426 bits per heavy atom. The van der Waals surface area contributed by atoms with Crippen molar-refractivity contribution in [2.75, 3.05) is 0 Å². The number of allylic oxidation sites excluding steroid dienone is 4. The van der Waals surface area contributed by atoms with Crippen LogP contribution < -0.4 is 10.4 Å². The molecule has 4 heteroatoms. The third-order valence-corrected chi connectivity index (χ3v) is 9.00. The summed E-state index contributed by atoms with van der Waals surface area (Å²) in [5, 5.41) is 13.7. The van der Waals surface area contributed by atoms with Crippen molar-refractivity contribution in [1.82, 2.24) is 0 Å². The van der Waals surface area contributed by atoms with Gasteiger partial charge in [0, 0.05) is 25.8 Å². The van der Waals surface area contributed by atoms with E-state index >= 15 is 0 Å². The molecule has 0 N–H and O–H groups in total. The van der Waals surface area contributed by atoms with Gasteiger partial charge in [-0.15, -0.1) is 111 Å². The predicted molar refractivity (Wildman–Crippen MR) is 209 cm³/mol. The molecule has 1 aliphatic carbocycles. The number of hydrogen-bond acceptors (Lipinski definition) is 0. The zero-order chi connectivity index (χ0) is 29.8. The van der Waals surface area contributed by atoms with E-state index in [-0.39, 0.29) is 60.2 Å². The Labute approximate surface area is 312 Å². The van der Waals surface area contributed by atoms with E-state index in [1.807, 2.05) is 12.2 Å². The first-order valence-electron chi connectivity index (χ1n) is 15.1. The van der Waals surface area contributed by atoms with Crippen LogP contribution in [0.25, 0.3) is 43.1 Å². The van der Waals surface area contributed by atoms with E-state index in [0.29, 0.717) is 0 Å². The molecule has 8 aromatic rings. The van der Waals surface area contributed by atoms with Crippen LogP contribution in [-0.4, -0.2) is 9.52 Å². The van der Waals surface area contributed by atoms with Crippen molar-refractivity contribution in [3.05, 3.63) is 194 Å². The van der Waals surface area contributed by atoms with Gasteiger partial charge in [0.15, 0.2) is 0 Å². The third-order valence-electron chi connectivity index (χ3n) is 7.56. The van der Waals surface area contributed by atoms with Crippen molar-refractivity contribution < 1.29 is 25.8 Å². The van der Waals surface area contributed by atoms with Gasteiger partial charge in [-0.1, -0.05) is 144 Å². The van der Waals surface area contributed by atoms with E-state index in [1.165, 1.54) is 53.5 Å². The topological polar surface area (TPSA) is 0 Å². The Morgan fingerprint density at radius 3 is 1.02 bits per heavy atom. The van der Waals surface area contributed by atoms with E-state index < -0.39 is 0 Å².